The minimum Gasteiger partial charge on any atom is -0.478 e. The van der Waals surface area contributed by atoms with E-state index >= 15 is 0 Å². The monoisotopic (exact) mass is 524 g/mol. The van der Waals surface area contributed by atoms with Crippen LogP contribution in [0.25, 0.3) is 0 Å². The zero-order chi connectivity index (χ0) is 26.9. The molecule has 6 atom stereocenters. The molecule has 0 amide bonds. The van der Waals surface area contributed by atoms with Crippen molar-refractivity contribution in [1.29, 1.82) is 0 Å². The number of hydrogen-bond donors (Lipinski definition) is 1. The first-order chi connectivity index (χ1) is 17.7. The fourth-order valence-electron chi connectivity index (χ4n) is 5.51. The maximum Gasteiger partial charge on any atom is 0.191 e. The number of hydrogen-bond acceptors (Lipinski definition) is 7. The van der Waals surface area contributed by atoms with Crippen LogP contribution in [-0.2, 0) is 28.4 Å². The average Bonchev–Trinajstić information content (AvgIpc) is 3.46. The van der Waals surface area contributed by atoms with E-state index in [0.717, 1.165) is 12.8 Å². The van der Waals surface area contributed by atoms with Crippen molar-refractivity contribution in [1.82, 2.24) is 0 Å². The first-order valence-electron chi connectivity index (χ1n) is 14.7. The van der Waals surface area contributed by atoms with Gasteiger partial charge >= 0.3 is 0 Å². The van der Waals surface area contributed by atoms with Gasteiger partial charge < -0.3 is 33.5 Å². The van der Waals surface area contributed by atoms with Gasteiger partial charge in [0.15, 0.2) is 35.8 Å². The third kappa shape index (κ3) is 9.35. The van der Waals surface area contributed by atoms with Gasteiger partial charge in [-0.3, -0.25) is 0 Å². The van der Waals surface area contributed by atoms with E-state index in [2.05, 4.69) is 19.2 Å². The molecule has 0 unspecified atom stereocenters. The lowest BCUT2D eigenvalue weighted by Gasteiger charge is -2.30. The summed E-state index contributed by atoms with van der Waals surface area (Å²) in [4.78, 5) is 0. The lowest BCUT2D eigenvalue weighted by atomic mass is 10.0. The molecule has 0 aromatic carbocycles. The summed E-state index contributed by atoms with van der Waals surface area (Å²) in [5.74, 6) is -1.14. The van der Waals surface area contributed by atoms with Gasteiger partial charge in [-0.2, -0.15) is 0 Å². The van der Waals surface area contributed by atoms with Crippen LogP contribution in [0.15, 0.2) is 18.1 Å². The van der Waals surface area contributed by atoms with Crippen LogP contribution < -0.4 is 0 Å². The lowest BCUT2D eigenvalue weighted by Crippen LogP contribution is -2.44. The molecule has 0 bridgehead atoms. The molecule has 3 aliphatic heterocycles. The second kappa shape index (κ2) is 14.5. The molecule has 3 saturated heterocycles. The highest BCUT2D eigenvalue weighted by atomic mass is 16.8. The Morgan fingerprint density at radius 3 is 2.00 bits per heavy atom. The summed E-state index contributed by atoms with van der Waals surface area (Å²) in [6, 6.07) is 0. The van der Waals surface area contributed by atoms with Gasteiger partial charge in [-0.15, -0.1) is 0 Å². The van der Waals surface area contributed by atoms with Crippen molar-refractivity contribution in [3.63, 3.8) is 0 Å². The van der Waals surface area contributed by atoms with Gasteiger partial charge in [0.1, 0.15) is 18.3 Å². The van der Waals surface area contributed by atoms with E-state index in [4.69, 9.17) is 28.4 Å². The van der Waals surface area contributed by atoms with Gasteiger partial charge in [-0.25, -0.2) is 0 Å². The Morgan fingerprint density at radius 2 is 1.46 bits per heavy atom. The molecule has 3 fully saturated rings. The summed E-state index contributed by atoms with van der Waals surface area (Å²) in [5, 5.41) is 10.9. The first-order valence-corrected chi connectivity index (χ1v) is 14.7. The maximum atomic E-state index is 10.9. The smallest absolute Gasteiger partial charge is 0.191 e. The Kier molecular flexibility index (Phi) is 12.0. The molecule has 1 N–H and O–H groups in total. The number of fused-ring (bicyclic) bond motifs is 1. The molecule has 0 aromatic rings. The fourth-order valence-corrected chi connectivity index (χ4v) is 5.51. The Labute approximate surface area is 224 Å². The van der Waals surface area contributed by atoms with Crippen LogP contribution in [0.1, 0.15) is 118 Å². The van der Waals surface area contributed by atoms with Gasteiger partial charge in [0.25, 0.3) is 0 Å². The highest BCUT2D eigenvalue weighted by Crippen LogP contribution is 2.42. The Morgan fingerprint density at radius 1 is 0.865 bits per heavy atom. The van der Waals surface area contributed by atoms with E-state index in [1.807, 2.05) is 27.7 Å². The molecule has 3 rings (SSSR count). The number of ether oxygens (including phenoxy) is 6. The van der Waals surface area contributed by atoms with Crippen molar-refractivity contribution >= 4 is 0 Å². The summed E-state index contributed by atoms with van der Waals surface area (Å²) in [7, 11) is 0. The number of rotatable bonds is 17. The Balaban J connectivity index is 1.40. The molecule has 0 aromatic heterocycles. The first kappa shape index (κ1) is 30.6. The summed E-state index contributed by atoms with van der Waals surface area (Å²) >= 11 is 0. The van der Waals surface area contributed by atoms with E-state index in [9.17, 15) is 5.11 Å². The normalized spacial score (nSPS) is 30.7. The van der Waals surface area contributed by atoms with E-state index in [1.165, 1.54) is 64.2 Å². The molecule has 214 valence electrons. The Hall–Kier alpha value is -0.920. The molecule has 0 radical (unpaired) electrons. The number of unbranched alkanes of at least 4 members (excludes halogenated alkanes) is 11. The summed E-state index contributed by atoms with van der Waals surface area (Å²) < 4.78 is 36.4. The molecule has 0 saturated carbocycles. The van der Waals surface area contributed by atoms with Crippen LogP contribution in [0.4, 0.5) is 0 Å². The summed E-state index contributed by atoms with van der Waals surface area (Å²) in [5.41, 5.74) is 2.82. The van der Waals surface area contributed by atoms with Crippen LogP contribution in [0, 0.1) is 0 Å². The minimum absolute atomic E-state index is 0.328. The second-order valence-corrected chi connectivity index (χ2v) is 11.8. The zero-order valence-corrected chi connectivity index (χ0v) is 24.0. The quantitative estimate of drug-likeness (QED) is 0.132. The molecular weight excluding hydrogens is 472 g/mol. The van der Waals surface area contributed by atoms with E-state index in [-0.39, 0.29) is 6.10 Å². The van der Waals surface area contributed by atoms with Gasteiger partial charge in [-0.05, 0) is 34.1 Å². The highest BCUT2D eigenvalue weighted by Gasteiger charge is 2.59. The van der Waals surface area contributed by atoms with Crippen molar-refractivity contribution < 1.29 is 33.5 Å². The lowest BCUT2D eigenvalue weighted by molar-refractivity contribution is -0.234. The van der Waals surface area contributed by atoms with Crippen LogP contribution in [-0.4, -0.2) is 60.1 Å². The average molecular weight is 525 g/mol. The largest absolute Gasteiger partial charge is 0.478 e. The van der Waals surface area contributed by atoms with Crippen molar-refractivity contribution in [2.75, 3.05) is 6.61 Å². The van der Waals surface area contributed by atoms with Gasteiger partial charge in [0.05, 0.1) is 6.61 Å². The van der Waals surface area contributed by atoms with Gasteiger partial charge in [-0.1, -0.05) is 96.3 Å². The fraction of sp³-hybridized carbons (Fsp3) is 0.900. The third-order valence-corrected chi connectivity index (χ3v) is 7.49. The molecule has 3 heterocycles. The topological polar surface area (TPSA) is 75.6 Å². The minimum atomic E-state index is -0.778. The zero-order valence-electron chi connectivity index (χ0n) is 24.0. The van der Waals surface area contributed by atoms with E-state index in [0.29, 0.717) is 18.8 Å². The van der Waals surface area contributed by atoms with Crippen molar-refractivity contribution in [2.45, 2.75) is 166 Å². The van der Waals surface area contributed by atoms with Crippen LogP contribution in [0.5, 0.6) is 0 Å². The summed E-state index contributed by atoms with van der Waals surface area (Å²) in [6.45, 7) is 13.9. The molecule has 37 heavy (non-hydrogen) atoms. The van der Waals surface area contributed by atoms with Crippen LogP contribution >= 0.6 is 0 Å². The molecule has 7 nitrogen and oxygen atoms in total. The standard InChI is InChI=1S/C30H52O7/c1-7-9-10-11-12-13-14-15-16-17-18-19-20-22(31)23(8-2)33-26-25(24-21-32-29(3,4)35-24)34-28-27(26)36-30(5,6)37-28/h22,24-28,31H,2,7,9-21H2,1,3-6H3/t22-,24-,25-,26-,27+,28+/m0/s1. The van der Waals surface area contributed by atoms with Crippen LogP contribution in [0.2, 0.25) is 0 Å². The summed E-state index contributed by atoms with van der Waals surface area (Å²) in [6.07, 6.45) is 12.9. The van der Waals surface area contributed by atoms with Gasteiger partial charge in [0.2, 0.25) is 0 Å². The molecule has 7 heteroatoms. The molecule has 0 spiro atoms. The predicted molar refractivity (Wildman–Crippen MR) is 143 cm³/mol. The highest BCUT2D eigenvalue weighted by molar-refractivity contribution is 5.04. The SMILES string of the molecule is C=C=C(O[C@H]1[C@H]([C@@H]2COC(C)(C)O2)O[C@@H]2OC(C)(C)O[C@@H]21)[C@@H](O)CCCCCCCCCCCCCC. The molecule has 3 aliphatic rings. The second-order valence-electron chi connectivity index (χ2n) is 11.8. The van der Waals surface area contributed by atoms with Crippen LogP contribution in [0.3, 0.4) is 0 Å². The van der Waals surface area contributed by atoms with E-state index < -0.39 is 42.3 Å². The molecular formula is C30H52O7. The van der Waals surface area contributed by atoms with Crippen molar-refractivity contribution in [3.05, 3.63) is 18.1 Å². The maximum absolute atomic E-state index is 10.9. The van der Waals surface area contributed by atoms with Crippen molar-refractivity contribution in [3.8, 4) is 0 Å². The molecule has 0 aliphatic carbocycles. The third-order valence-electron chi connectivity index (χ3n) is 7.49. The number of aliphatic hydroxyl groups excluding tert-OH is 1. The van der Waals surface area contributed by atoms with E-state index in [1.54, 1.807) is 0 Å². The number of aliphatic hydroxyl groups is 1. The predicted octanol–water partition coefficient (Wildman–Crippen LogP) is 6.52. The van der Waals surface area contributed by atoms with Gasteiger partial charge in [0, 0.05) is 0 Å². The van der Waals surface area contributed by atoms with Crippen molar-refractivity contribution in [2.24, 2.45) is 0 Å². The Bertz CT molecular complexity index is 729.